The Morgan fingerprint density at radius 1 is 1.59 bits per heavy atom. The fourth-order valence-corrected chi connectivity index (χ4v) is 2.55. The second-order valence-electron chi connectivity index (χ2n) is 4.20. The molecule has 0 aromatic carbocycles. The van der Waals surface area contributed by atoms with Crippen LogP contribution in [0, 0.1) is 0 Å². The van der Waals surface area contributed by atoms with Crippen molar-refractivity contribution in [3.8, 4) is 0 Å². The molecular formula is C13H15NO2W. The Balaban J connectivity index is 2.37. The topological polar surface area (TPSA) is 38.3 Å². The quantitative estimate of drug-likeness (QED) is 0.760. The van der Waals surface area contributed by atoms with Gasteiger partial charge in [-0.25, -0.2) is 0 Å². The number of allylic oxidation sites excluding steroid dienone is 2. The van der Waals surface area contributed by atoms with Crippen molar-refractivity contribution in [2.45, 2.75) is 24.9 Å². The molecule has 17 heavy (non-hydrogen) atoms. The molecule has 1 spiro atoms. The summed E-state index contributed by atoms with van der Waals surface area (Å²) in [5, 5.41) is 2.86. The zero-order chi connectivity index (χ0) is 12.3. The van der Waals surface area contributed by atoms with Gasteiger partial charge in [-0.1, -0.05) is 0 Å². The standard InChI is InChI=1S/C13H15NO2.W/c1-3-6-11-7-4-5-8-13(11)12(15)14-9-10(2)16-13;/h1,3,6-7H,2,4-5,8-9H2,(H,14,15);/b6-3-;. The van der Waals surface area contributed by atoms with Crippen molar-refractivity contribution in [3.05, 3.63) is 36.1 Å². The molecule has 1 saturated heterocycles. The second kappa shape index (κ2) is 5.14. The van der Waals surface area contributed by atoms with Gasteiger partial charge in [-0.3, -0.25) is 0 Å². The van der Waals surface area contributed by atoms with Gasteiger partial charge in [-0.05, 0) is 0 Å². The van der Waals surface area contributed by atoms with E-state index >= 15 is 0 Å². The Morgan fingerprint density at radius 2 is 2.41 bits per heavy atom. The van der Waals surface area contributed by atoms with Crippen molar-refractivity contribution in [1.29, 1.82) is 0 Å². The van der Waals surface area contributed by atoms with E-state index in [-0.39, 0.29) is 5.91 Å². The molecule has 1 aliphatic carbocycles. The first-order chi connectivity index (χ1) is 8.19. The summed E-state index contributed by atoms with van der Waals surface area (Å²) in [4.78, 5) is 12.1. The first-order valence-electron chi connectivity index (χ1n) is 5.66. The number of carbonyl (C=O) groups is 1. The molecule has 0 aromatic heterocycles. The van der Waals surface area contributed by atoms with Crippen LogP contribution in [0.25, 0.3) is 0 Å². The van der Waals surface area contributed by atoms with Crippen LogP contribution in [0.5, 0.6) is 0 Å². The van der Waals surface area contributed by atoms with Crippen molar-refractivity contribution in [2.24, 2.45) is 0 Å². The van der Waals surface area contributed by atoms with Gasteiger partial charge < -0.3 is 0 Å². The summed E-state index contributed by atoms with van der Waals surface area (Å²) in [6.07, 6.45) is 8.74. The summed E-state index contributed by atoms with van der Waals surface area (Å²) in [5.41, 5.74) is 0.127. The third-order valence-electron chi connectivity index (χ3n) is 3.05. The Labute approximate surface area is 112 Å². The molecule has 4 heteroatoms. The van der Waals surface area contributed by atoms with Gasteiger partial charge in [-0.15, -0.1) is 0 Å². The van der Waals surface area contributed by atoms with Gasteiger partial charge in [0.2, 0.25) is 0 Å². The molecule has 1 heterocycles. The van der Waals surface area contributed by atoms with E-state index in [2.05, 4.69) is 18.0 Å². The molecule has 0 aromatic rings. The van der Waals surface area contributed by atoms with Gasteiger partial charge in [0.1, 0.15) is 0 Å². The summed E-state index contributed by atoms with van der Waals surface area (Å²) in [6, 6.07) is 0. The predicted molar refractivity (Wildman–Crippen MR) is 63.1 cm³/mol. The average molecular weight is 401 g/mol. The Kier molecular flexibility index (Phi) is 3.78. The maximum absolute atomic E-state index is 12.1. The second-order valence-corrected chi connectivity index (χ2v) is 5.18. The third kappa shape index (κ3) is 2.35. The van der Waals surface area contributed by atoms with E-state index < -0.39 is 5.60 Å². The number of morpholine rings is 1. The van der Waals surface area contributed by atoms with Crippen LogP contribution in [0.15, 0.2) is 36.1 Å². The summed E-state index contributed by atoms with van der Waals surface area (Å²) in [7, 11) is 0. The molecule has 1 fully saturated rings. The first kappa shape index (κ1) is 12.5. The van der Waals surface area contributed by atoms with Crippen LogP contribution in [0.1, 0.15) is 19.3 Å². The number of hydrogen-bond acceptors (Lipinski definition) is 2. The van der Waals surface area contributed by atoms with Crippen LogP contribution in [0.4, 0.5) is 0 Å². The number of hydrogen-bond donors (Lipinski definition) is 1. The molecule has 1 atom stereocenters. The van der Waals surface area contributed by atoms with Crippen LogP contribution in [-0.4, -0.2) is 22.5 Å². The molecular weight excluding hydrogens is 386 g/mol. The molecule has 1 unspecified atom stereocenters. The van der Waals surface area contributed by atoms with Gasteiger partial charge in [-0.2, -0.15) is 0 Å². The number of ether oxygens (including phenoxy) is 1. The van der Waals surface area contributed by atoms with E-state index in [9.17, 15) is 4.79 Å². The van der Waals surface area contributed by atoms with Crippen LogP contribution in [-0.2, 0) is 28.9 Å². The Hall–Kier alpha value is -0.952. The average Bonchev–Trinajstić information content (AvgIpc) is 2.33. The molecule has 0 radical (unpaired) electrons. The van der Waals surface area contributed by atoms with Crippen molar-refractivity contribution in [1.82, 2.24) is 5.32 Å². The summed E-state index contributed by atoms with van der Waals surface area (Å²) < 4.78 is 7.83. The number of nitrogens with one attached hydrogen (secondary N) is 1. The summed E-state index contributed by atoms with van der Waals surface area (Å²) in [5.74, 6) is 0.598. The Bertz CT molecular complexity index is 425. The molecule has 1 aliphatic heterocycles. The van der Waals surface area contributed by atoms with Gasteiger partial charge in [0.15, 0.2) is 0 Å². The number of amides is 1. The maximum atomic E-state index is 12.1. The fraction of sp³-hybridized carbons (Fsp3) is 0.385. The minimum absolute atomic E-state index is 0.0380. The van der Waals surface area contributed by atoms with E-state index in [1.807, 2.05) is 16.6 Å². The molecule has 2 rings (SSSR count). The van der Waals surface area contributed by atoms with Gasteiger partial charge >= 0.3 is 112 Å². The van der Waals surface area contributed by atoms with E-state index in [0.717, 1.165) is 24.8 Å². The third-order valence-corrected chi connectivity index (χ3v) is 3.61. The summed E-state index contributed by atoms with van der Waals surface area (Å²) in [6.45, 7) is 4.24. The number of rotatable bonds is 2. The number of carbonyl (C=O) groups excluding carboxylic acids is 1. The van der Waals surface area contributed by atoms with Gasteiger partial charge in [0, 0.05) is 0 Å². The van der Waals surface area contributed by atoms with Crippen molar-refractivity contribution < 1.29 is 28.9 Å². The molecule has 0 saturated carbocycles. The van der Waals surface area contributed by atoms with Crippen LogP contribution in [0.2, 0.25) is 0 Å². The van der Waals surface area contributed by atoms with E-state index in [1.54, 1.807) is 0 Å². The molecule has 1 N–H and O–H groups in total. The SMILES string of the molecule is C=C1CNC(=O)C2(CCCC=C2/C=C\[CH]=[W])O1. The van der Waals surface area contributed by atoms with Gasteiger partial charge in [0.25, 0.3) is 0 Å². The van der Waals surface area contributed by atoms with Gasteiger partial charge in [0.05, 0.1) is 0 Å². The molecule has 90 valence electrons. The monoisotopic (exact) mass is 401 g/mol. The van der Waals surface area contributed by atoms with E-state index in [4.69, 9.17) is 4.74 Å². The van der Waals surface area contributed by atoms with Crippen LogP contribution >= 0.6 is 0 Å². The molecule has 0 bridgehead atoms. The first-order valence-corrected chi connectivity index (χ1v) is 7.36. The van der Waals surface area contributed by atoms with Crippen LogP contribution in [0.3, 0.4) is 0 Å². The van der Waals surface area contributed by atoms with E-state index in [1.165, 1.54) is 19.4 Å². The molecule has 2 aliphatic rings. The zero-order valence-electron chi connectivity index (χ0n) is 9.57. The van der Waals surface area contributed by atoms with Crippen LogP contribution < -0.4 is 5.32 Å². The predicted octanol–water partition coefficient (Wildman–Crippen LogP) is 1.40. The van der Waals surface area contributed by atoms with Crippen molar-refractivity contribution in [3.63, 3.8) is 0 Å². The van der Waals surface area contributed by atoms with E-state index in [0.29, 0.717) is 12.3 Å². The fourth-order valence-electron chi connectivity index (χ4n) is 2.27. The van der Waals surface area contributed by atoms with Crippen molar-refractivity contribution in [2.75, 3.05) is 6.54 Å². The Morgan fingerprint density at radius 3 is 3.18 bits per heavy atom. The zero-order valence-corrected chi connectivity index (χ0v) is 12.5. The van der Waals surface area contributed by atoms with Crippen molar-refractivity contribution >= 4 is 10.3 Å². The minimum atomic E-state index is -0.831. The molecule has 3 nitrogen and oxygen atoms in total. The molecule has 1 amide bonds. The summed E-state index contributed by atoms with van der Waals surface area (Å²) >= 11 is 1.39. The normalized spacial score (nSPS) is 28.8.